The van der Waals surface area contributed by atoms with Gasteiger partial charge in [-0.25, -0.2) is 4.98 Å². The number of aldehydes is 1. The Morgan fingerprint density at radius 3 is 2.71 bits per heavy atom. The first-order chi connectivity index (χ1) is 11.7. The average Bonchev–Trinajstić information content (AvgIpc) is 2.93. The van der Waals surface area contributed by atoms with E-state index in [1.807, 2.05) is 41.0 Å². The summed E-state index contributed by atoms with van der Waals surface area (Å²) in [5, 5.41) is 1.20. The summed E-state index contributed by atoms with van der Waals surface area (Å²) in [7, 11) is 0. The summed E-state index contributed by atoms with van der Waals surface area (Å²) in [6, 6.07) is 13.0. The molecule has 24 heavy (non-hydrogen) atoms. The lowest BCUT2D eigenvalue weighted by Crippen LogP contribution is -2.09. The summed E-state index contributed by atoms with van der Waals surface area (Å²) in [6.45, 7) is 0.348. The number of carbonyl (C=O) groups is 1. The zero-order valence-corrected chi connectivity index (χ0v) is 13.9. The topological polar surface area (TPSA) is 47.2 Å². The van der Waals surface area contributed by atoms with E-state index in [4.69, 9.17) is 28.2 Å². The maximum Gasteiger partial charge on any atom is 0.168 e. The third kappa shape index (κ3) is 2.35. The van der Waals surface area contributed by atoms with Gasteiger partial charge in [0.15, 0.2) is 6.29 Å². The molecule has 1 aromatic heterocycles. The molecular formula is C18H11Cl2N3O. The highest BCUT2D eigenvalue weighted by Gasteiger charge is 2.22. The molecule has 0 fully saturated rings. The first-order valence-electron chi connectivity index (χ1n) is 7.30. The molecule has 118 valence electrons. The largest absolute Gasteiger partial charge is 0.296 e. The quantitative estimate of drug-likeness (QED) is 0.641. The molecule has 1 aliphatic heterocycles. The van der Waals surface area contributed by atoms with Crippen LogP contribution < -0.4 is 0 Å². The van der Waals surface area contributed by atoms with Gasteiger partial charge in [-0.2, -0.15) is 0 Å². The first-order valence-corrected chi connectivity index (χ1v) is 8.06. The highest BCUT2D eigenvalue weighted by Crippen LogP contribution is 2.30. The number of hydrogen-bond acceptors (Lipinski definition) is 3. The van der Waals surface area contributed by atoms with Gasteiger partial charge in [0.25, 0.3) is 0 Å². The Morgan fingerprint density at radius 2 is 1.92 bits per heavy atom. The van der Waals surface area contributed by atoms with E-state index in [0.717, 1.165) is 28.8 Å². The molecule has 0 N–H and O–H groups in total. The summed E-state index contributed by atoms with van der Waals surface area (Å²) < 4.78 is 1.81. The Morgan fingerprint density at radius 1 is 1.08 bits per heavy atom. The molecular weight excluding hydrogens is 345 g/mol. The van der Waals surface area contributed by atoms with Gasteiger partial charge >= 0.3 is 0 Å². The van der Waals surface area contributed by atoms with Crippen LogP contribution in [0.4, 0.5) is 0 Å². The predicted molar refractivity (Wildman–Crippen MR) is 94.8 cm³/mol. The number of rotatable bonds is 2. The van der Waals surface area contributed by atoms with Crippen LogP contribution in [0.15, 0.2) is 53.7 Å². The fraction of sp³-hybridized carbons (Fsp3) is 0.0556. The lowest BCUT2D eigenvalue weighted by Gasteiger charge is -2.14. The molecule has 0 radical (unpaired) electrons. The maximum atomic E-state index is 11.4. The predicted octanol–water partition coefficient (Wildman–Crippen LogP) is 4.34. The van der Waals surface area contributed by atoms with Crippen LogP contribution in [0.5, 0.6) is 0 Å². The van der Waals surface area contributed by atoms with Crippen LogP contribution in [0.1, 0.15) is 27.4 Å². The standard InChI is InChI=1S/C18H11Cl2N3O/c19-11-5-6-16-14(7-11)18(13-3-1-2-4-15(13)20)22-9-17-21-8-12(10-24)23(16)17/h1-8,10H,9H2. The van der Waals surface area contributed by atoms with Crippen LogP contribution in [-0.4, -0.2) is 21.5 Å². The van der Waals surface area contributed by atoms with Crippen molar-refractivity contribution in [3.05, 3.63) is 81.4 Å². The van der Waals surface area contributed by atoms with Gasteiger partial charge in [-0.3, -0.25) is 14.4 Å². The van der Waals surface area contributed by atoms with E-state index in [2.05, 4.69) is 4.98 Å². The molecule has 0 saturated heterocycles. The molecule has 4 nitrogen and oxygen atoms in total. The number of hydrogen-bond donors (Lipinski definition) is 0. The molecule has 4 rings (SSSR count). The van der Waals surface area contributed by atoms with Crippen molar-refractivity contribution in [1.82, 2.24) is 9.55 Å². The average molecular weight is 356 g/mol. The van der Waals surface area contributed by atoms with Crippen molar-refractivity contribution >= 4 is 35.2 Å². The van der Waals surface area contributed by atoms with Crippen LogP contribution in [0.2, 0.25) is 10.0 Å². The minimum absolute atomic E-state index is 0.348. The minimum Gasteiger partial charge on any atom is -0.296 e. The van der Waals surface area contributed by atoms with Gasteiger partial charge in [0.2, 0.25) is 0 Å². The minimum atomic E-state index is 0.348. The van der Waals surface area contributed by atoms with Crippen LogP contribution in [0, 0.1) is 0 Å². The number of benzene rings is 2. The lowest BCUT2D eigenvalue weighted by molar-refractivity contribution is 0.111. The molecule has 0 bridgehead atoms. The Labute approximate surface area is 148 Å². The van der Waals surface area contributed by atoms with Crippen LogP contribution >= 0.6 is 23.2 Å². The van der Waals surface area contributed by atoms with Crippen molar-refractivity contribution in [2.75, 3.05) is 0 Å². The van der Waals surface area contributed by atoms with E-state index in [0.29, 0.717) is 28.1 Å². The molecule has 0 unspecified atom stereocenters. The summed E-state index contributed by atoms with van der Waals surface area (Å²) in [5.74, 6) is 0.697. The molecule has 2 heterocycles. The van der Waals surface area contributed by atoms with Crippen molar-refractivity contribution < 1.29 is 4.79 Å². The fourth-order valence-corrected chi connectivity index (χ4v) is 3.29. The zero-order valence-electron chi connectivity index (χ0n) is 12.4. The van der Waals surface area contributed by atoms with Gasteiger partial charge in [-0.15, -0.1) is 0 Å². The molecule has 0 spiro atoms. The van der Waals surface area contributed by atoms with E-state index in [-0.39, 0.29) is 0 Å². The van der Waals surface area contributed by atoms with E-state index >= 15 is 0 Å². The highest BCUT2D eigenvalue weighted by atomic mass is 35.5. The van der Waals surface area contributed by atoms with Crippen LogP contribution in [0.3, 0.4) is 0 Å². The number of aliphatic imine (C=N–C) groups is 1. The number of fused-ring (bicyclic) bond motifs is 3. The van der Waals surface area contributed by atoms with Gasteiger partial charge < -0.3 is 0 Å². The van der Waals surface area contributed by atoms with Crippen LogP contribution in [0.25, 0.3) is 5.69 Å². The molecule has 6 heteroatoms. The lowest BCUT2D eigenvalue weighted by atomic mass is 10.0. The van der Waals surface area contributed by atoms with Gasteiger partial charge in [0, 0.05) is 21.2 Å². The third-order valence-corrected chi connectivity index (χ3v) is 4.51. The van der Waals surface area contributed by atoms with Gasteiger partial charge in [-0.1, -0.05) is 41.4 Å². The van der Waals surface area contributed by atoms with Crippen LogP contribution in [-0.2, 0) is 6.54 Å². The summed E-state index contributed by atoms with van der Waals surface area (Å²) >= 11 is 12.6. The Hall–Kier alpha value is -2.43. The second kappa shape index (κ2) is 5.89. The molecule has 0 aliphatic carbocycles. The van der Waals surface area contributed by atoms with Crippen molar-refractivity contribution in [3.63, 3.8) is 0 Å². The third-order valence-electron chi connectivity index (χ3n) is 3.95. The molecule has 0 atom stereocenters. The van der Waals surface area contributed by atoms with Gasteiger partial charge in [-0.05, 0) is 24.3 Å². The van der Waals surface area contributed by atoms with Crippen molar-refractivity contribution in [2.45, 2.75) is 6.54 Å². The fourth-order valence-electron chi connectivity index (χ4n) is 2.89. The number of aromatic nitrogens is 2. The number of halogens is 2. The van der Waals surface area contributed by atoms with E-state index < -0.39 is 0 Å². The van der Waals surface area contributed by atoms with E-state index in [9.17, 15) is 4.79 Å². The Bertz CT molecular complexity index is 992. The smallest absolute Gasteiger partial charge is 0.168 e. The Balaban J connectivity index is 2.03. The molecule has 0 saturated carbocycles. The second-order valence-corrected chi connectivity index (χ2v) is 6.20. The molecule has 0 amide bonds. The molecule has 1 aliphatic rings. The summed E-state index contributed by atoms with van der Waals surface area (Å²) in [5.41, 5.74) is 3.66. The van der Waals surface area contributed by atoms with Crippen molar-refractivity contribution in [2.24, 2.45) is 4.99 Å². The van der Waals surface area contributed by atoms with Gasteiger partial charge in [0.1, 0.15) is 11.5 Å². The summed E-state index contributed by atoms with van der Waals surface area (Å²) in [6.07, 6.45) is 2.34. The number of carbonyl (C=O) groups excluding carboxylic acids is 1. The van der Waals surface area contributed by atoms with Crippen molar-refractivity contribution in [3.8, 4) is 5.69 Å². The SMILES string of the molecule is O=Cc1cnc2n1-c1ccc(Cl)cc1C(c1ccccc1Cl)=NC2. The maximum absolute atomic E-state index is 11.4. The monoisotopic (exact) mass is 355 g/mol. The van der Waals surface area contributed by atoms with Crippen molar-refractivity contribution in [1.29, 1.82) is 0 Å². The summed E-state index contributed by atoms with van der Waals surface area (Å²) in [4.78, 5) is 20.4. The van der Waals surface area contributed by atoms with E-state index in [1.54, 1.807) is 12.3 Å². The number of imidazole rings is 1. The Kier molecular flexibility index (Phi) is 3.71. The second-order valence-electron chi connectivity index (χ2n) is 5.36. The normalized spacial score (nSPS) is 12.8. The first kappa shape index (κ1) is 15.1. The number of nitrogens with zero attached hydrogens (tertiary/aromatic N) is 3. The van der Waals surface area contributed by atoms with E-state index in [1.165, 1.54) is 0 Å². The van der Waals surface area contributed by atoms with Gasteiger partial charge in [0.05, 0.1) is 24.1 Å². The highest BCUT2D eigenvalue weighted by molar-refractivity contribution is 6.36. The molecule has 3 aromatic rings. The molecule has 2 aromatic carbocycles. The zero-order chi connectivity index (χ0) is 16.7.